The zero-order chi connectivity index (χ0) is 47.7. The summed E-state index contributed by atoms with van der Waals surface area (Å²) in [4.78, 5) is 37.1. The summed E-state index contributed by atoms with van der Waals surface area (Å²) >= 11 is 0. The van der Waals surface area contributed by atoms with Crippen LogP contribution in [0.1, 0.15) is 181 Å². The van der Waals surface area contributed by atoms with Gasteiger partial charge in [0.25, 0.3) is 0 Å². The molecule has 2 atom stereocenters. The molecule has 0 saturated carbocycles. The molecule has 9 heteroatoms. The Morgan fingerprint density at radius 1 is 0.477 bits per heavy atom. The zero-order valence-electron chi connectivity index (χ0n) is 41.8. The van der Waals surface area contributed by atoms with Crippen LogP contribution in [-0.2, 0) is 33.3 Å². The van der Waals surface area contributed by atoms with E-state index < -0.39 is 24.3 Å². The molecule has 0 saturated heterocycles. The maximum Gasteiger partial charge on any atom is 0.306 e. The highest BCUT2D eigenvalue weighted by atomic mass is 16.7. The number of unbranched alkanes of at least 4 members (excludes halogenated alkanes) is 14. The molecule has 0 aliphatic carbocycles. The summed E-state index contributed by atoms with van der Waals surface area (Å²) in [7, 11) is 5.89. The van der Waals surface area contributed by atoms with Gasteiger partial charge in [0.15, 0.2) is 12.4 Å². The Balaban J connectivity index is 4.39. The number of hydrogen-bond acceptors (Lipinski definition) is 8. The first kappa shape index (κ1) is 61.2. The predicted molar refractivity (Wildman–Crippen MR) is 269 cm³/mol. The number of hydrogen-bond donors (Lipinski definition) is 0. The molecule has 0 bridgehead atoms. The second-order valence-electron chi connectivity index (χ2n) is 17.7. The molecule has 0 amide bonds. The largest absolute Gasteiger partial charge is 0.545 e. The van der Waals surface area contributed by atoms with Crippen molar-refractivity contribution in [1.29, 1.82) is 0 Å². The lowest BCUT2D eigenvalue weighted by molar-refractivity contribution is -0.870. The number of quaternary nitrogens is 1. The van der Waals surface area contributed by atoms with Gasteiger partial charge in [-0.15, -0.1) is 0 Å². The van der Waals surface area contributed by atoms with Crippen LogP contribution in [0.2, 0.25) is 0 Å². The number of allylic oxidation sites excluding steroid dienone is 16. The van der Waals surface area contributed by atoms with Crippen molar-refractivity contribution in [2.45, 2.75) is 193 Å². The molecule has 65 heavy (non-hydrogen) atoms. The van der Waals surface area contributed by atoms with E-state index in [0.717, 1.165) is 116 Å². The van der Waals surface area contributed by atoms with Crippen molar-refractivity contribution in [3.8, 4) is 0 Å². The highest BCUT2D eigenvalue weighted by molar-refractivity contribution is 5.70. The third-order valence-electron chi connectivity index (χ3n) is 10.3. The third kappa shape index (κ3) is 48.0. The Morgan fingerprint density at radius 3 is 1.32 bits per heavy atom. The van der Waals surface area contributed by atoms with Crippen molar-refractivity contribution in [3.63, 3.8) is 0 Å². The predicted octanol–water partition coefficient (Wildman–Crippen LogP) is 12.9. The number of nitrogens with zero attached hydrogens (tertiary/aromatic N) is 1. The number of aliphatic carboxylic acids is 1. The van der Waals surface area contributed by atoms with Gasteiger partial charge in [0.1, 0.15) is 13.2 Å². The quantitative estimate of drug-likeness (QED) is 0.0195. The number of ether oxygens (including phenoxy) is 4. The molecule has 0 aromatic rings. The van der Waals surface area contributed by atoms with E-state index in [1.165, 1.54) is 32.1 Å². The lowest BCUT2D eigenvalue weighted by Gasteiger charge is -2.26. The fourth-order valence-electron chi connectivity index (χ4n) is 6.39. The second-order valence-corrected chi connectivity index (χ2v) is 17.7. The Hall–Kier alpha value is -3.79. The molecule has 0 aliphatic heterocycles. The number of esters is 2. The van der Waals surface area contributed by atoms with Crippen molar-refractivity contribution < 1.29 is 42.9 Å². The van der Waals surface area contributed by atoms with Crippen molar-refractivity contribution >= 4 is 17.9 Å². The van der Waals surface area contributed by atoms with Crippen LogP contribution >= 0.6 is 0 Å². The molecule has 9 nitrogen and oxygen atoms in total. The Bertz CT molecular complexity index is 1380. The van der Waals surface area contributed by atoms with Crippen molar-refractivity contribution in [1.82, 2.24) is 0 Å². The van der Waals surface area contributed by atoms with Gasteiger partial charge in [0.2, 0.25) is 0 Å². The third-order valence-corrected chi connectivity index (χ3v) is 10.3. The van der Waals surface area contributed by atoms with E-state index in [1.807, 2.05) is 21.1 Å². The van der Waals surface area contributed by atoms with Crippen molar-refractivity contribution in [2.75, 3.05) is 47.5 Å². The summed E-state index contributed by atoms with van der Waals surface area (Å²) in [5.74, 6) is -2.34. The fourth-order valence-corrected chi connectivity index (χ4v) is 6.39. The average molecular weight is 908 g/mol. The summed E-state index contributed by atoms with van der Waals surface area (Å²) in [6.45, 7) is 4.56. The van der Waals surface area contributed by atoms with Crippen LogP contribution in [0.25, 0.3) is 0 Å². The molecule has 0 fully saturated rings. The number of rotatable bonds is 45. The summed E-state index contributed by atoms with van der Waals surface area (Å²) in [5, 5.41) is 11.7. The van der Waals surface area contributed by atoms with E-state index in [4.69, 9.17) is 18.9 Å². The Morgan fingerprint density at radius 2 is 0.877 bits per heavy atom. The van der Waals surface area contributed by atoms with Gasteiger partial charge in [-0.3, -0.25) is 9.59 Å². The molecule has 0 N–H and O–H groups in total. The van der Waals surface area contributed by atoms with Gasteiger partial charge in [0.05, 0.1) is 40.3 Å². The van der Waals surface area contributed by atoms with E-state index in [-0.39, 0.29) is 38.6 Å². The van der Waals surface area contributed by atoms with Crippen LogP contribution < -0.4 is 5.11 Å². The minimum atomic E-state index is -1.63. The van der Waals surface area contributed by atoms with Gasteiger partial charge < -0.3 is 33.3 Å². The first-order chi connectivity index (χ1) is 31.6. The molecular weight excluding hydrogens is 815 g/mol. The van der Waals surface area contributed by atoms with Crippen LogP contribution in [-0.4, -0.2) is 82.3 Å². The van der Waals surface area contributed by atoms with E-state index >= 15 is 0 Å². The van der Waals surface area contributed by atoms with Crippen LogP contribution in [0.4, 0.5) is 0 Å². The van der Waals surface area contributed by atoms with E-state index in [9.17, 15) is 19.5 Å². The topological polar surface area (TPSA) is 111 Å². The fraction of sp³-hybridized carbons (Fsp3) is 0.661. The molecule has 0 aliphatic rings. The number of likely N-dealkylation sites (N-methyl/N-ethyl adjacent to an activating group) is 1. The summed E-state index contributed by atoms with van der Waals surface area (Å²) in [5.41, 5.74) is 0. The minimum absolute atomic E-state index is 0.137. The van der Waals surface area contributed by atoms with Gasteiger partial charge >= 0.3 is 11.9 Å². The molecule has 0 radical (unpaired) electrons. The lowest BCUT2D eigenvalue weighted by atomic mass is 10.1. The molecule has 0 heterocycles. The van der Waals surface area contributed by atoms with Crippen LogP contribution in [0.5, 0.6) is 0 Å². The first-order valence-electron chi connectivity index (χ1n) is 25.4. The van der Waals surface area contributed by atoms with Gasteiger partial charge in [-0.2, -0.15) is 0 Å². The zero-order valence-corrected chi connectivity index (χ0v) is 41.8. The summed E-state index contributed by atoms with van der Waals surface area (Å²) in [6, 6.07) is 0. The second kappa shape index (κ2) is 46.7. The monoisotopic (exact) mass is 908 g/mol. The normalized spacial score (nSPS) is 13.7. The standard InChI is InChI=1S/C56H93NO8/c1-6-8-10-12-14-16-18-20-21-22-23-24-25-26-27-28-29-30-31-32-33-35-37-39-41-43-45-47-54(59)65-52(51-64-56(55(60)61)62-49-48-57(3,4)5)50-63-53(58)46-44-42-40-38-36-34-19-17-15-13-11-9-7-2/h8,10,14,16-17,19-21,23-24,26-27,29-30,32-33,52,56H,6-7,9,11-13,15,18,22,25,28,31,34-51H2,1-5H3/b10-8-,16-14-,19-17-,21-20-,24-23-,27-26-,30-29-,33-32-. The van der Waals surface area contributed by atoms with Gasteiger partial charge in [-0.1, -0.05) is 169 Å². The molecule has 0 rings (SSSR count). The number of carbonyl (C=O) groups is 3. The van der Waals surface area contributed by atoms with Gasteiger partial charge in [-0.25, -0.2) is 0 Å². The lowest BCUT2D eigenvalue weighted by Crippen LogP contribution is -2.44. The first-order valence-corrected chi connectivity index (χ1v) is 25.4. The average Bonchev–Trinajstić information content (AvgIpc) is 3.27. The highest BCUT2D eigenvalue weighted by Crippen LogP contribution is 2.13. The highest BCUT2D eigenvalue weighted by Gasteiger charge is 2.21. The molecular formula is C56H93NO8. The summed E-state index contributed by atoms with van der Waals surface area (Å²) < 4.78 is 22.6. The van der Waals surface area contributed by atoms with Gasteiger partial charge in [0, 0.05) is 12.8 Å². The van der Waals surface area contributed by atoms with E-state index in [1.54, 1.807) is 0 Å². The number of carboxylic acid groups (broad SMARTS) is 1. The molecule has 0 aromatic carbocycles. The SMILES string of the molecule is CC/C=C\C/C=C\C/C=C\C/C=C\C/C=C\C/C=C\C/C=C\CCCCCCCC(=O)OC(COC(=O)CCCCCCC/C=C\CCCCCC)COC(OCC[N+](C)(C)C)C(=O)[O-]. The van der Waals surface area contributed by atoms with E-state index in [0.29, 0.717) is 17.4 Å². The van der Waals surface area contributed by atoms with Crippen LogP contribution in [0.15, 0.2) is 97.2 Å². The van der Waals surface area contributed by atoms with Crippen LogP contribution in [0.3, 0.4) is 0 Å². The van der Waals surface area contributed by atoms with E-state index in [2.05, 4.69) is 111 Å². The smallest absolute Gasteiger partial charge is 0.306 e. The minimum Gasteiger partial charge on any atom is -0.545 e. The Kier molecular flexibility index (Phi) is 44.0. The van der Waals surface area contributed by atoms with Gasteiger partial charge in [-0.05, 0) is 96.3 Å². The van der Waals surface area contributed by atoms with Crippen molar-refractivity contribution in [2.24, 2.45) is 0 Å². The summed E-state index contributed by atoms with van der Waals surface area (Å²) in [6.07, 6.45) is 58.7. The number of carboxylic acids is 1. The molecule has 370 valence electrons. The molecule has 0 aromatic heterocycles. The van der Waals surface area contributed by atoms with Crippen molar-refractivity contribution in [3.05, 3.63) is 97.2 Å². The Labute approximate surface area is 397 Å². The number of carbonyl (C=O) groups excluding carboxylic acids is 3. The molecule has 0 spiro atoms. The maximum absolute atomic E-state index is 12.8. The van der Waals surface area contributed by atoms with Crippen LogP contribution in [0, 0.1) is 0 Å². The maximum atomic E-state index is 12.8. The molecule has 2 unspecified atom stereocenters.